The highest BCUT2D eigenvalue weighted by molar-refractivity contribution is 5.93. The van der Waals surface area contributed by atoms with E-state index in [1.54, 1.807) is 19.1 Å². The van der Waals surface area contributed by atoms with Gasteiger partial charge >= 0.3 is 5.97 Å². The predicted octanol–water partition coefficient (Wildman–Crippen LogP) is 1.55. The van der Waals surface area contributed by atoms with Crippen molar-refractivity contribution < 1.29 is 19.7 Å². The van der Waals surface area contributed by atoms with E-state index in [4.69, 9.17) is 9.84 Å². The zero-order valence-electron chi connectivity index (χ0n) is 8.07. The van der Waals surface area contributed by atoms with Crippen molar-refractivity contribution >= 4 is 5.97 Å². The summed E-state index contributed by atoms with van der Waals surface area (Å²) in [5, 5.41) is 18.4. The molecule has 0 atom stereocenters. The molecular weight excluding hydrogens is 184 g/mol. The highest BCUT2D eigenvalue weighted by Gasteiger charge is 2.16. The van der Waals surface area contributed by atoms with Gasteiger partial charge in [-0.05, 0) is 18.1 Å². The van der Waals surface area contributed by atoms with Gasteiger partial charge in [-0.15, -0.1) is 0 Å². The van der Waals surface area contributed by atoms with Crippen LogP contribution in [0, 0.1) is 6.92 Å². The fourth-order valence-corrected chi connectivity index (χ4v) is 1.25. The number of methoxy groups -OCH3 is 1. The Labute approximate surface area is 81.8 Å². The van der Waals surface area contributed by atoms with Gasteiger partial charge in [0.25, 0.3) is 0 Å². The summed E-state index contributed by atoms with van der Waals surface area (Å²) in [5.74, 6) is -1.33. The summed E-state index contributed by atoms with van der Waals surface area (Å²) in [4.78, 5) is 10.9. The molecule has 0 saturated carbocycles. The van der Waals surface area contributed by atoms with Gasteiger partial charge in [-0.2, -0.15) is 0 Å². The number of aryl methyl sites for hydroxylation is 1. The number of rotatable bonds is 3. The van der Waals surface area contributed by atoms with Crippen molar-refractivity contribution in [2.24, 2.45) is 0 Å². The van der Waals surface area contributed by atoms with Gasteiger partial charge in [0, 0.05) is 7.11 Å². The minimum absolute atomic E-state index is 0.0770. The van der Waals surface area contributed by atoms with Gasteiger partial charge < -0.3 is 14.9 Å². The number of carbonyl (C=O) groups is 1. The van der Waals surface area contributed by atoms with Gasteiger partial charge in [0.05, 0.1) is 6.61 Å². The maximum atomic E-state index is 10.9. The van der Waals surface area contributed by atoms with Crippen LogP contribution in [0.1, 0.15) is 21.5 Å². The molecule has 0 radical (unpaired) electrons. The van der Waals surface area contributed by atoms with Crippen LogP contribution in [0.15, 0.2) is 12.1 Å². The summed E-state index contributed by atoms with van der Waals surface area (Å²) in [6.07, 6.45) is 0. The Kier molecular flexibility index (Phi) is 3.09. The topological polar surface area (TPSA) is 66.8 Å². The molecule has 14 heavy (non-hydrogen) atoms. The second kappa shape index (κ2) is 4.11. The largest absolute Gasteiger partial charge is 0.507 e. The van der Waals surface area contributed by atoms with E-state index in [1.165, 1.54) is 7.11 Å². The van der Waals surface area contributed by atoms with Crippen LogP contribution >= 0.6 is 0 Å². The molecule has 1 aromatic rings. The molecule has 0 aliphatic rings. The molecule has 0 aliphatic heterocycles. The lowest BCUT2D eigenvalue weighted by Gasteiger charge is -2.08. The van der Waals surface area contributed by atoms with Crippen LogP contribution in [0.3, 0.4) is 0 Å². The van der Waals surface area contributed by atoms with Crippen LogP contribution in [-0.2, 0) is 11.3 Å². The highest BCUT2D eigenvalue weighted by Crippen LogP contribution is 2.25. The normalized spacial score (nSPS) is 10.1. The minimum Gasteiger partial charge on any atom is -0.507 e. The summed E-state index contributed by atoms with van der Waals surface area (Å²) < 4.78 is 4.84. The van der Waals surface area contributed by atoms with E-state index in [0.29, 0.717) is 11.1 Å². The third-order valence-corrected chi connectivity index (χ3v) is 1.98. The van der Waals surface area contributed by atoms with Gasteiger partial charge in [0.1, 0.15) is 11.3 Å². The van der Waals surface area contributed by atoms with Crippen LogP contribution in [0.2, 0.25) is 0 Å². The summed E-state index contributed by atoms with van der Waals surface area (Å²) in [6, 6.07) is 3.30. The summed E-state index contributed by atoms with van der Waals surface area (Å²) in [7, 11) is 1.47. The first kappa shape index (κ1) is 10.5. The molecule has 0 spiro atoms. The number of carboxylic acids is 1. The van der Waals surface area contributed by atoms with Gasteiger partial charge in [-0.3, -0.25) is 0 Å². The first-order valence-corrected chi connectivity index (χ1v) is 4.11. The van der Waals surface area contributed by atoms with Crippen LogP contribution in [0.5, 0.6) is 5.75 Å². The lowest BCUT2D eigenvalue weighted by atomic mass is 10.0. The van der Waals surface area contributed by atoms with Crippen molar-refractivity contribution in [3.05, 3.63) is 28.8 Å². The molecular formula is C10H12O4. The number of ether oxygens (including phenoxy) is 1. The zero-order valence-corrected chi connectivity index (χ0v) is 8.07. The Morgan fingerprint density at radius 1 is 1.50 bits per heavy atom. The Morgan fingerprint density at radius 3 is 2.64 bits per heavy atom. The van der Waals surface area contributed by atoms with E-state index in [-0.39, 0.29) is 17.9 Å². The quantitative estimate of drug-likeness (QED) is 0.769. The molecule has 4 nitrogen and oxygen atoms in total. The van der Waals surface area contributed by atoms with Crippen molar-refractivity contribution in [3.8, 4) is 5.75 Å². The van der Waals surface area contributed by atoms with E-state index < -0.39 is 5.97 Å². The molecule has 0 saturated heterocycles. The number of aromatic carboxylic acids is 1. The SMILES string of the molecule is COCc1ccc(C)c(O)c1C(=O)O. The van der Waals surface area contributed by atoms with E-state index in [9.17, 15) is 9.90 Å². The standard InChI is InChI=1S/C10H12O4/c1-6-3-4-7(5-14-2)8(9(6)11)10(12)13/h3-4,11H,5H2,1-2H3,(H,12,13). The predicted molar refractivity (Wildman–Crippen MR) is 50.5 cm³/mol. The Balaban J connectivity index is 3.30. The molecule has 76 valence electrons. The van der Waals surface area contributed by atoms with Crippen molar-refractivity contribution in [2.45, 2.75) is 13.5 Å². The first-order valence-electron chi connectivity index (χ1n) is 4.11. The first-order chi connectivity index (χ1) is 6.57. The number of carboxylic acid groups (broad SMARTS) is 1. The Hall–Kier alpha value is -1.55. The van der Waals surface area contributed by atoms with Crippen LogP contribution in [0.25, 0.3) is 0 Å². The van der Waals surface area contributed by atoms with E-state index in [1.807, 2.05) is 0 Å². The minimum atomic E-state index is -1.14. The van der Waals surface area contributed by atoms with Crippen molar-refractivity contribution in [3.63, 3.8) is 0 Å². The second-order valence-corrected chi connectivity index (χ2v) is 3.00. The monoisotopic (exact) mass is 196 g/mol. The fourth-order valence-electron chi connectivity index (χ4n) is 1.25. The molecule has 2 N–H and O–H groups in total. The van der Waals surface area contributed by atoms with Crippen LogP contribution in [0.4, 0.5) is 0 Å². The number of phenols is 1. The fraction of sp³-hybridized carbons (Fsp3) is 0.300. The highest BCUT2D eigenvalue weighted by atomic mass is 16.5. The van der Waals surface area contributed by atoms with E-state index >= 15 is 0 Å². The van der Waals surface area contributed by atoms with E-state index in [0.717, 1.165) is 0 Å². The van der Waals surface area contributed by atoms with Crippen molar-refractivity contribution in [1.82, 2.24) is 0 Å². The molecule has 0 amide bonds. The van der Waals surface area contributed by atoms with Gasteiger partial charge in [0.15, 0.2) is 0 Å². The van der Waals surface area contributed by atoms with Gasteiger partial charge in [-0.25, -0.2) is 4.79 Å². The summed E-state index contributed by atoms with van der Waals surface area (Å²) in [6.45, 7) is 1.83. The zero-order chi connectivity index (χ0) is 10.7. The smallest absolute Gasteiger partial charge is 0.339 e. The maximum absolute atomic E-state index is 10.9. The molecule has 0 bridgehead atoms. The average Bonchev–Trinajstić information content (AvgIpc) is 2.11. The molecule has 0 aromatic heterocycles. The molecule has 0 aliphatic carbocycles. The Morgan fingerprint density at radius 2 is 2.14 bits per heavy atom. The molecule has 0 heterocycles. The second-order valence-electron chi connectivity index (χ2n) is 3.00. The number of benzene rings is 1. The third kappa shape index (κ3) is 1.85. The van der Waals surface area contributed by atoms with Gasteiger partial charge in [0.2, 0.25) is 0 Å². The maximum Gasteiger partial charge on any atom is 0.339 e. The van der Waals surface area contributed by atoms with Crippen molar-refractivity contribution in [1.29, 1.82) is 0 Å². The number of hydrogen-bond acceptors (Lipinski definition) is 3. The molecule has 1 rings (SSSR count). The molecule has 4 heteroatoms. The molecule has 0 fully saturated rings. The van der Waals surface area contributed by atoms with E-state index in [2.05, 4.69) is 0 Å². The number of aromatic hydroxyl groups is 1. The molecule has 0 unspecified atom stereocenters. The lowest BCUT2D eigenvalue weighted by molar-refractivity contribution is 0.0688. The van der Waals surface area contributed by atoms with Gasteiger partial charge in [-0.1, -0.05) is 12.1 Å². The van der Waals surface area contributed by atoms with Crippen molar-refractivity contribution in [2.75, 3.05) is 7.11 Å². The number of hydrogen-bond donors (Lipinski definition) is 2. The average molecular weight is 196 g/mol. The summed E-state index contributed by atoms with van der Waals surface area (Å²) >= 11 is 0. The lowest BCUT2D eigenvalue weighted by Crippen LogP contribution is -2.04. The summed E-state index contributed by atoms with van der Waals surface area (Å²) in [5.41, 5.74) is 0.942. The third-order valence-electron chi connectivity index (χ3n) is 1.98. The van der Waals surface area contributed by atoms with Crippen LogP contribution in [-0.4, -0.2) is 23.3 Å². The Bertz CT molecular complexity index is 357. The van der Waals surface area contributed by atoms with Crippen LogP contribution < -0.4 is 0 Å². The molecule has 1 aromatic carbocycles.